The Morgan fingerprint density at radius 2 is 2.14 bits per heavy atom. The zero-order valence-corrected chi connectivity index (χ0v) is 16.3. The quantitative estimate of drug-likeness (QED) is 0.719. The van der Waals surface area contributed by atoms with Gasteiger partial charge in [-0.25, -0.2) is 17.8 Å². The Bertz CT molecular complexity index is 1190. The van der Waals surface area contributed by atoms with E-state index in [-0.39, 0.29) is 22.7 Å². The van der Waals surface area contributed by atoms with Crippen LogP contribution in [-0.4, -0.2) is 57.8 Å². The number of ether oxygens (including phenoxy) is 1. The molecule has 0 saturated carbocycles. The number of aromatic nitrogens is 4. The molecule has 2 aromatic heterocycles. The lowest BCUT2D eigenvalue weighted by Crippen LogP contribution is -2.37. The van der Waals surface area contributed by atoms with Crippen molar-refractivity contribution in [3.05, 3.63) is 29.8 Å². The summed E-state index contributed by atoms with van der Waals surface area (Å²) in [6, 6.07) is 2.72. The maximum atomic E-state index is 14.6. The molecule has 0 aliphatic carbocycles. The number of nitrogens with zero attached hydrogens (tertiary/aromatic N) is 4. The molecule has 4 heterocycles. The third kappa shape index (κ3) is 2.51. The highest BCUT2D eigenvalue weighted by atomic mass is 32.2. The van der Waals surface area contributed by atoms with Crippen LogP contribution in [0.4, 0.5) is 4.39 Å². The Balaban J connectivity index is 1.67. The number of benzene rings is 1. The highest BCUT2D eigenvalue weighted by Crippen LogP contribution is 2.37. The summed E-state index contributed by atoms with van der Waals surface area (Å²) in [5.74, 6) is -0.0736. The molecular weight excluding hydrogens is 385 g/mol. The third-order valence-corrected chi connectivity index (χ3v) is 7.47. The van der Waals surface area contributed by atoms with Gasteiger partial charge in [0.1, 0.15) is 17.2 Å². The average Bonchev–Trinajstić information content (AvgIpc) is 3.37. The van der Waals surface area contributed by atoms with E-state index >= 15 is 0 Å². The molecule has 1 N–H and O–H groups in total. The number of nitrogens with one attached hydrogen (secondary N) is 1. The van der Waals surface area contributed by atoms with E-state index in [1.54, 1.807) is 25.0 Å². The zero-order chi connectivity index (χ0) is 19.6. The van der Waals surface area contributed by atoms with Crippen molar-refractivity contribution in [2.24, 2.45) is 7.05 Å². The summed E-state index contributed by atoms with van der Waals surface area (Å²) in [7, 11) is -2.05. The number of H-pyrrole nitrogens is 1. The number of hydrogen-bond acceptors (Lipinski definition) is 5. The van der Waals surface area contributed by atoms with Crippen molar-refractivity contribution in [1.82, 2.24) is 24.1 Å². The van der Waals surface area contributed by atoms with Gasteiger partial charge in [-0.15, -0.1) is 0 Å². The van der Waals surface area contributed by atoms with Crippen LogP contribution in [0.5, 0.6) is 0 Å². The summed E-state index contributed by atoms with van der Waals surface area (Å²) >= 11 is 0. The topological polar surface area (TPSA) is 93.1 Å². The summed E-state index contributed by atoms with van der Waals surface area (Å²) in [4.78, 5) is 7.06. The van der Waals surface area contributed by atoms with Crippen LogP contribution in [-0.2, 0) is 21.8 Å². The first kappa shape index (κ1) is 17.8. The van der Waals surface area contributed by atoms with Gasteiger partial charge < -0.3 is 9.72 Å². The molecule has 2 aliphatic heterocycles. The molecule has 8 nitrogen and oxygen atoms in total. The zero-order valence-electron chi connectivity index (χ0n) is 15.5. The fourth-order valence-electron chi connectivity index (χ4n) is 4.34. The van der Waals surface area contributed by atoms with Crippen LogP contribution in [0.15, 0.2) is 23.5 Å². The maximum Gasteiger partial charge on any atom is 0.258 e. The molecule has 0 bridgehead atoms. The smallest absolute Gasteiger partial charge is 0.258 e. The lowest BCUT2D eigenvalue weighted by atomic mass is 10.0. The number of aryl methyl sites for hydroxylation is 2. The molecule has 28 heavy (non-hydrogen) atoms. The summed E-state index contributed by atoms with van der Waals surface area (Å²) in [5, 5.41) is 4.75. The molecule has 0 spiro atoms. The van der Waals surface area contributed by atoms with Gasteiger partial charge >= 0.3 is 0 Å². The van der Waals surface area contributed by atoms with E-state index in [2.05, 4.69) is 15.1 Å². The van der Waals surface area contributed by atoms with Gasteiger partial charge in [0.2, 0.25) is 0 Å². The first-order valence-corrected chi connectivity index (χ1v) is 10.6. The van der Waals surface area contributed by atoms with Gasteiger partial charge in [0.05, 0.1) is 17.7 Å². The molecule has 0 amide bonds. The van der Waals surface area contributed by atoms with Crippen LogP contribution in [0.25, 0.3) is 22.3 Å². The van der Waals surface area contributed by atoms with E-state index in [1.807, 2.05) is 0 Å². The third-order valence-electron chi connectivity index (χ3n) is 5.63. The van der Waals surface area contributed by atoms with Crippen LogP contribution < -0.4 is 0 Å². The van der Waals surface area contributed by atoms with Crippen molar-refractivity contribution in [2.45, 2.75) is 36.9 Å². The predicted octanol–water partition coefficient (Wildman–Crippen LogP) is 1.96. The number of rotatable bonds is 3. The van der Waals surface area contributed by atoms with Gasteiger partial charge in [-0.05, 0) is 37.5 Å². The van der Waals surface area contributed by atoms with Gasteiger partial charge in [-0.1, -0.05) is 0 Å². The fourth-order valence-corrected chi connectivity index (χ4v) is 6.03. The van der Waals surface area contributed by atoms with E-state index in [0.717, 1.165) is 0 Å². The SMILES string of the molecule is Cc1cc(F)c2[nH]c(S(=O)(=O)N3CC[C@H]4OCC[C@H]43)cc2c1-c1ncn(C)n1. The number of fused-ring (bicyclic) bond motifs is 2. The minimum atomic E-state index is -3.79. The molecule has 1 aromatic carbocycles. The van der Waals surface area contributed by atoms with Crippen molar-refractivity contribution >= 4 is 20.9 Å². The molecule has 10 heteroatoms. The monoisotopic (exact) mass is 405 g/mol. The van der Waals surface area contributed by atoms with Crippen LogP contribution in [0.1, 0.15) is 18.4 Å². The lowest BCUT2D eigenvalue weighted by Gasteiger charge is -2.21. The van der Waals surface area contributed by atoms with E-state index in [9.17, 15) is 12.8 Å². The predicted molar refractivity (Wildman–Crippen MR) is 99.6 cm³/mol. The minimum absolute atomic E-state index is 0.0169. The lowest BCUT2D eigenvalue weighted by molar-refractivity contribution is 0.110. The molecule has 2 saturated heterocycles. The van der Waals surface area contributed by atoms with E-state index in [4.69, 9.17) is 4.74 Å². The largest absolute Gasteiger partial charge is 0.376 e. The van der Waals surface area contributed by atoms with Crippen molar-refractivity contribution in [3.63, 3.8) is 0 Å². The molecule has 5 rings (SSSR count). The molecule has 148 valence electrons. The van der Waals surface area contributed by atoms with E-state index in [0.29, 0.717) is 48.3 Å². The second-order valence-electron chi connectivity index (χ2n) is 7.38. The first-order chi connectivity index (χ1) is 13.4. The van der Waals surface area contributed by atoms with Crippen molar-refractivity contribution in [1.29, 1.82) is 0 Å². The van der Waals surface area contributed by atoms with Crippen LogP contribution in [0, 0.1) is 12.7 Å². The van der Waals surface area contributed by atoms with Crippen LogP contribution >= 0.6 is 0 Å². The van der Waals surface area contributed by atoms with Crippen molar-refractivity contribution < 1.29 is 17.5 Å². The van der Waals surface area contributed by atoms with Crippen molar-refractivity contribution in [3.8, 4) is 11.4 Å². The first-order valence-electron chi connectivity index (χ1n) is 9.17. The van der Waals surface area contributed by atoms with Gasteiger partial charge in [-0.2, -0.15) is 9.40 Å². The Hall–Kier alpha value is -2.30. The standard InChI is InChI=1S/C18H20FN5O3S/c1-10-7-12(19)17-11(16(10)18-20-9-23(2)22-18)8-15(21-17)28(25,26)24-5-3-14-13(24)4-6-27-14/h7-9,13-14,21H,3-6H2,1-2H3/t13-,14-/m1/s1. The summed E-state index contributed by atoms with van der Waals surface area (Å²) in [5.41, 5.74) is 1.41. The Morgan fingerprint density at radius 3 is 2.89 bits per heavy atom. The summed E-state index contributed by atoms with van der Waals surface area (Å²) in [6.45, 7) is 2.73. The second-order valence-corrected chi connectivity index (χ2v) is 9.24. The number of sulfonamides is 1. The average molecular weight is 405 g/mol. The second kappa shape index (κ2) is 6.10. The maximum absolute atomic E-state index is 14.6. The summed E-state index contributed by atoms with van der Waals surface area (Å²) in [6.07, 6.45) is 2.87. The fraction of sp³-hybridized carbons (Fsp3) is 0.444. The van der Waals surface area contributed by atoms with Crippen LogP contribution in [0.3, 0.4) is 0 Å². The Morgan fingerprint density at radius 1 is 1.32 bits per heavy atom. The van der Waals surface area contributed by atoms with Crippen LogP contribution in [0.2, 0.25) is 0 Å². The van der Waals surface area contributed by atoms with E-state index < -0.39 is 15.8 Å². The molecule has 0 radical (unpaired) electrons. The summed E-state index contributed by atoms with van der Waals surface area (Å²) < 4.78 is 49.8. The molecule has 0 unspecified atom stereocenters. The van der Waals surface area contributed by atoms with Crippen molar-refractivity contribution in [2.75, 3.05) is 13.2 Å². The van der Waals surface area contributed by atoms with Gasteiger partial charge in [0, 0.05) is 31.1 Å². The molecule has 2 fully saturated rings. The highest BCUT2D eigenvalue weighted by molar-refractivity contribution is 7.89. The minimum Gasteiger partial charge on any atom is -0.376 e. The highest BCUT2D eigenvalue weighted by Gasteiger charge is 2.45. The molecule has 3 aromatic rings. The normalized spacial score (nSPS) is 23.0. The van der Waals surface area contributed by atoms with Gasteiger partial charge in [-0.3, -0.25) is 4.68 Å². The number of aromatic amines is 1. The van der Waals surface area contributed by atoms with Gasteiger partial charge in [0.25, 0.3) is 10.0 Å². The molecule has 2 aliphatic rings. The van der Waals surface area contributed by atoms with E-state index in [1.165, 1.54) is 16.4 Å². The number of halogens is 1. The van der Waals surface area contributed by atoms with Gasteiger partial charge in [0.15, 0.2) is 5.82 Å². The Kier molecular flexibility index (Phi) is 3.87. The molecule has 2 atom stereocenters. The number of hydrogen-bond donors (Lipinski definition) is 1. The molecular formula is C18H20FN5O3S. The Labute approximate surface area is 161 Å².